The lowest BCUT2D eigenvalue weighted by Crippen LogP contribution is -2.46. The fraction of sp³-hybridized carbons (Fsp3) is 0.786. The lowest BCUT2D eigenvalue weighted by molar-refractivity contribution is -0.138. The van der Waals surface area contributed by atoms with Gasteiger partial charge >= 0.3 is 12.2 Å². The molecular formula is C14H22N2O6. The second-order valence-corrected chi connectivity index (χ2v) is 6.44. The zero-order chi connectivity index (χ0) is 16.5. The lowest BCUT2D eigenvalue weighted by Gasteiger charge is -2.24. The Hall–Kier alpha value is -1.99. The molecule has 8 nitrogen and oxygen atoms in total. The van der Waals surface area contributed by atoms with Gasteiger partial charge in [0.05, 0.1) is 7.11 Å². The van der Waals surface area contributed by atoms with E-state index in [-0.39, 0.29) is 11.9 Å². The molecule has 0 aromatic heterocycles. The van der Waals surface area contributed by atoms with Gasteiger partial charge < -0.3 is 24.4 Å². The number of hydrogen-bond donors (Lipinski definition) is 1. The fourth-order valence-electron chi connectivity index (χ4n) is 2.80. The molecule has 0 saturated carbocycles. The van der Waals surface area contributed by atoms with Crippen LogP contribution in [-0.4, -0.2) is 54.1 Å². The molecule has 8 heteroatoms. The average Bonchev–Trinajstić information content (AvgIpc) is 2.90. The number of ether oxygens (including phenoxy) is 3. The minimum atomic E-state index is -0.818. The van der Waals surface area contributed by atoms with Gasteiger partial charge in [0.15, 0.2) is 6.23 Å². The summed E-state index contributed by atoms with van der Waals surface area (Å²) in [6.07, 6.45) is -0.293. The quantitative estimate of drug-likeness (QED) is 0.774. The standard InChI is InChI=1S/C14H22N2O6/c1-14(2,3)22-12(18)15-9-7-8-5-6-10(16(8)11(9)17)21-13(19)20-4/h8-10H,5-7H2,1-4H3,(H,15,18)/t8-,9?,10-/m0/s1. The van der Waals surface area contributed by atoms with Gasteiger partial charge in [-0.2, -0.15) is 0 Å². The summed E-state index contributed by atoms with van der Waals surface area (Å²) in [4.78, 5) is 36.9. The fourth-order valence-corrected chi connectivity index (χ4v) is 2.80. The van der Waals surface area contributed by atoms with Crippen LogP contribution < -0.4 is 5.32 Å². The van der Waals surface area contributed by atoms with Crippen LogP contribution >= 0.6 is 0 Å². The number of carbonyl (C=O) groups is 3. The number of methoxy groups -OCH3 is 1. The number of nitrogens with one attached hydrogen (secondary N) is 1. The molecule has 0 bridgehead atoms. The number of carbonyl (C=O) groups excluding carboxylic acids is 3. The Kier molecular flexibility index (Phi) is 4.48. The molecule has 2 fully saturated rings. The molecule has 0 aliphatic carbocycles. The molecule has 2 aliphatic rings. The van der Waals surface area contributed by atoms with Crippen molar-refractivity contribution in [2.75, 3.05) is 7.11 Å². The van der Waals surface area contributed by atoms with E-state index < -0.39 is 30.1 Å². The van der Waals surface area contributed by atoms with E-state index in [2.05, 4.69) is 10.1 Å². The Morgan fingerprint density at radius 3 is 2.55 bits per heavy atom. The minimum Gasteiger partial charge on any atom is -0.444 e. The number of amides is 2. The predicted molar refractivity (Wildman–Crippen MR) is 74.9 cm³/mol. The predicted octanol–water partition coefficient (Wildman–Crippen LogP) is 1.38. The normalized spacial score (nSPS) is 27.4. The maximum absolute atomic E-state index is 12.4. The lowest BCUT2D eigenvalue weighted by atomic mass is 10.1. The van der Waals surface area contributed by atoms with Crippen LogP contribution in [0.25, 0.3) is 0 Å². The van der Waals surface area contributed by atoms with E-state index in [1.54, 1.807) is 20.8 Å². The number of alkyl carbamates (subject to hydrolysis) is 1. The molecule has 3 atom stereocenters. The summed E-state index contributed by atoms with van der Waals surface area (Å²) in [5.41, 5.74) is -0.627. The van der Waals surface area contributed by atoms with Gasteiger partial charge in [-0.25, -0.2) is 9.59 Å². The molecule has 1 N–H and O–H groups in total. The third kappa shape index (κ3) is 3.61. The van der Waals surface area contributed by atoms with E-state index >= 15 is 0 Å². The highest BCUT2D eigenvalue weighted by molar-refractivity contribution is 5.88. The van der Waals surface area contributed by atoms with Crippen LogP contribution in [-0.2, 0) is 19.0 Å². The zero-order valence-electron chi connectivity index (χ0n) is 13.3. The van der Waals surface area contributed by atoms with E-state index in [4.69, 9.17) is 9.47 Å². The van der Waals surface area contributed by atoms with Crippen molar-refractivity contribution >= 4 is 18.2 Å². The van der Waals surface area contributed by atoms with E-state index in [1.165, 1.54) is 12.0 Å². The van der Waals surface area contributed by atoms with Crippen molar-refractivity contribution in [3.63, 3.8) is 0 Å². The highest BCUT2D eigenvalue weighted by atomic mass is 16.7. The molecule has 2 aliphatic heterocycles. The van der Waals surface area contributed by atoms with E-state index in [9.17, 15) is 14.4 Å². The molecule has 0 spiro atoms. The number of nitrogens with zero attached hydrogens (tertiary/aromatic N) is 1. The molecule has 1 unspecified atom stereocenters. The number of rotatable bonds is 2. The summed E-state index contributed by atoms with van der Waals surface area (Å²) in [6, 6.07) is -0.689. The third-order valence-corrected chi connectivity index (χ3v) is 3.60. The van der Waals surface area contributed by atoms with Crippen LogP contribution in [0.15, 0.2) is 0 Å². The van der Waals surface area contributed by atoms with Crippen LogP contribution in [0.2, 0.25) is 0 Å². The summed E-state index contributed by atoms with van der Waals surface area (Å²) in [7, 11) is 1.22. The summed E-state index contributed by atoms with van der Waals surface area (Å²) >= 11 is 0. The van der Waals surface area contributed by atoms with E-state index in [0.717, 1.165) is 6.42 Å². The van der Waals surface area contributed by atoms with Gasteiger partial charge in [-0.15, -0.1) is 0 Å². The molecule has 2 heterocycles. The third-order valence-electron chi connectivity index (χ3n) is 3.60. The van der Waals surface area contributed by atoms with Gasteiger partial charge in [-0.05, 0) is 33.6 Å². The van der Waals surface area contributed by atoms with Gasteiger partial charge in [0.1, 0.15) is 11.6 Å². The van der Waals surface area contributed by atoms with Crippen LogP contribution in [0.5, 0.6) is 0 Å². The number of hydrogen-bond acceptors (Lipinski definition) is 6. The molecule has 2 saturated heterocycles. The van der Waals surface area contributed by atoms with Crippen molar-refractivity contribution < 1.29 is 28.6 Å². The van der Waals surface area contributed by atoms with Gasteiger partial charge in [-0.3, -0.25) is 4.79 Å². The van der Waals surface area contributed by atoms with Gasteiger partial charge in [0.25, 0.3) is 0 Å². The molecule has 0 aromatic rings. The van der Waals surface area contributed by atoms with Crippen molar-refractivity contribution in [1.29, 1.82) is 0 Å². The molecule has 22 heavy (non-hydrogen) atoms. The largest absolute Gasteiger partial charge is 0.509 e. The summed E-state index contributed by atoms with van der Waals surface area (Å²) in [5.74, 6) is -0.262. The Morgan fingerprint density at radius 1 is 1.27 bits per heavy atom. The van der Waals surface area contributed by atoms with Crippen LogP contribution in [0.3, 0.4) is 0 Å². The summed E-state index contributed by atoms with van der Waals surface area (Å²) < 4.78 is 14.7. The first kappa shape index (κ1) is 16.4. The first-order valence-electron chi connectivity index (χ1n) is 7.27. The Bertz CT molecular complexity index is 472. The minimum absolute atomic E-state index is 0.0397. The smallest absolute Gasteiger partial charge is 0.444 e. The average molecular weight is 314 g/mol. The SMILES string of the molecule is COC(=O)O[C@H]1CC[C@H]2CC(NC(=O)OC(C)(C)C)C(=O)N21. The zero-order valence-corrected chi connectivity index (χ0v) is 13.3. The molecule has 124 valence electrons. The molecule has 2 rings (SSSR count). The van der Waals surface area contributed by atoms with Crippen molar-refractivity contribution in [1.82, 2.24) is 10.2 Å². The maximum atomic E-state index is 12.4. The Balaban J connectivity index is 1.95. The molecule has 0 aromatic carbocycles. The van der Waals surface area contributed by atoms with Crippen LogP contribution in [0.4, 0.5) is 9.59 Å². The van der Waals surface area contributed by atoms with Crippen molar-refractivity contribution in [3.05, 3.63) is 0 Å². The van der Waals surface area contributed by atoms with Crippen molar-refractivity contribution in [2.24, 2.45) is 0 Å². The second-order valence-electron chi connectivity index (χ2n) is 6.44. The molecule has 0 radical (unpaired) electrons. The summed E-state index contributed by atoms with van der Waals surface area (Å²) in [6.45, 7) is 5.25. The molecule has 2 amide bonds. The summed E-state index contributed by atoms with van der Waals surface area (Å²) in [5, 5.41) is 2.58. The molecular weight excluding hydrogens is 292 g/mol. The Labute approximate surface area is 129 Å². The second kappa shape index (κ2) is 6.02. The topological polar surface area (TPSA) is 94.2 Å². The first-order valence-corrected chi connectivity index (χ1v) is 7.27. The van der Waals surface area contributed by atoms with E-state index in [0.29, 0.717) is 12.8 Å². The highest BCUT2D eigenvalue weighted by Crippen LogP contribution is 2.34. The van der Waals surface area contributed by atoms with Gasteiger partial charge in [-0.1, -0.05) is 0 Å². The first-order chi connectivity index (χ1) is 10.2. The highest BCUT2D eigenvalue weighted by Gasteiger charge is 2.49. The van der Waals surface area contributed by atoms with Crippen molar-refractivity contribution in [3.8, 4) is 0 Å². The van der Waals surface area contributed by atoms with Crippen molar-refractivity contribution in [2.45, 2.75) is 63.9 Å². The van der Waals surface area contributed by atoms with Crippen LogP contribution in [0.1, 0.15) is 40.0 Å². The monoisotopic (exact) mass is 314 g/mol. The Morgan fingerprint density at radius 2 is 1.95 bits per heavy atom. The number of fused-ring (bicyclic) bond motifs is 1. The van der Waals surface area contributed by atoms with E-state index in [1.807, 2.05) is 0 Å². The van der Waals surface area contributed by atoms with Gasteiger partial charge in [0.2, 0.25) is 5.91 Å². The van der Waals surface area contributed by atoms with Gasteiger partial charge in [0, 0.05) is 12.5 Å². The maximum Gasteiger partial charge on any atom is 0.509 e. The van der Waals surface area contributed by atoms with Crippen LogP contribution in [0, 0.1) is 0 Å².